The molecule has 4 N–H and O–H groups in total. The third kappa shape index (κ3) is 4.55. The van der Waals surface area contributed by atoms with E-state index in [1.165, 1.54) is 0 Å². The van der Waals surface area contributed by atoms with E-state index in [9.17, 15) is 9.59 Å². The van der Waals surface area contributed by atoms with Crippen LogP contribution in [-0.2, 0) is 4.74 Å². The lowest BCUT2D eigenvalue weighted by molar-refractivity contribution is 0.0938. The average Bonchev–Trinajstić information content (AvgIpc) is 3.20. The number of benzene rings is 3. The van der Waals surface area contributed by atoms with E-state index in [1.807, 2.05) is 36.4 Å². The molecule has 1 aromatic heterocycles. The van der Waals surface area contributed by atoms with Crippen molar-refractivity contribution in [2.75, 3.05) is 33.1 Å². The summed E-state index contributed by atoms with van der Waals surface area (Å²) in [6.07, 6.45) is 0. The molecule has 0 radical (unpaired) electrons. The van der Waals surface area contributed by atoms with E-state index in [0.29, 0.717) is 35.6 Å². The fraction of sp³-hybridized carbons (Fsp3) is 0.154. The molecule has 4 rings (SSSR count). The number of nitrogen functional groups attached to an aromatic ring is 1. The summed E-state index contributed by atoms with van der Waals surface area (Å²) in [5.74, 6) is 0.112. The number of nitrogens with one attached hydrogen (secondary N) is 2. The molecule has 7 nitrogen and oxygen atoms in total. The molecule has 174 valence electrons. The molecule has 0 fully saturated rings. The lowest BCUT2D eigenvalue weighted by Crippen LogP contribution is -2.27. The summed E-state index contributed by atoms with van der Waals surface area (Å²) in [6.45, 7) is 0.653. The Hall–Kier alpha value is -3.62. The Morgan fingerprint density at radius 2 is 1.82 bits per heavy atom. The molecule has 4 aromatic rings. The van der Waals surface area contributed by atoms with Crippen LogP contribution in [0.4, 0.5) is 5.82 Å². The Labute approximate surface area is 205 Å². The topological polar surface area (TPSA) is 106 Å². The Balaban J connectivity index is 1.95. The smallest absolute Gasteiger partial charge is 0.255 e. The minimum Gasteiger partial charge on any atom is -0.497 e. The van der Waals surface area contributed by atoms with Gasteiger partial charge in [-0.2, -0.15) is 0 Å². The standard InChI is InChI=1S/C26H24BrN3O4/c1-33-13-12-29-26(32)22-21(19-5-3-4-15-8-11-18(34-2)14-20(15)19)23(30-25(22)28)24(31)16-6-9-17(27)10-7-16/h3-11,14,30H,12-13,28H2,1-2H3,(H,29,32). The van der Waals surface area contributed by atoms with Crippen molar-refractivity contribution >= 4 is 44.2 Å². The van der Waals surface area contributed by atoms with Crippen molar-refractivity contribution in [3.8, 4) is 16.9 Å². The van der Waals surface area contributed by atoms with E-state index in [0.717, 1.165) is 15.2 Å². The number of amides is 1. The maximum Gasteiger partial charge on any atom is 0.255 e. The van der Waals surface area contributed by atoms with E-state index in [4.69, 9.17) is 15.2 Å². The Bertz CT molecular complexity index is 1360. The van der Waals surface area contributed by atoms with Crippen LogP contribution < -0.4 is 15.8 Å². The van der Waals surface area contributed by atoms with Crippen LogP contribution in [0.3, 0.4) is 0 Å². The molecule has 3 aromatic carbocycles. The van der Waals surface area contributed by atoms with Gasteiger partial charge in [0.05, 0.1) is 25.0 Å². The predicted molar refractivity (Wildman–Crippen MR) is 136 cm³/mol. The van der Waals surface area contributed by atoms with Crippen molar-refractivity contribution in [1.82, 2.24) is 10.3 Å². The summed E-state index contributed by atoms with van der Waals surface area (Å²) in [7, 11) is 3.15. The summed E-state index contributed by atoms with van der Waals surface area (Å²) in [5, 5.41) is 4.58. The summed E-state index contributed by atoms with van der Waals surface area (Å²) >= 11 is 3.39. The number of halogens is 1. The molecule has 0 spiro atoms. The second-order valence-electron chi connectivity index (χ2n) is 7.64. The number of H-pyrrole nitrogens is 1. The summed E-state index contributed by atoms with van der Waals surface area (Å²) in [6, 6.07) is 18.4. The zero-order valence-electron chi connectivity index (χ0n) is 18.8. The minimum absolute atomic E-state index is 0.116. The van der Waals surface area contributed by atoms with Crippen molar-refractivity contribution < 1.29 is 19.1 Å². The maximum atomic E-state index is 13.6. The molecule has 0 bridgehead atoms. The van der Waals surface area contributed by atoms with Gasteiger partial charge in [0.2, 0.25) is 5.78 Å². The first kappa shape index (κ1) is 23.5. The van der Waals surface area contributed by atoms with E-state index >= 15 is 0 Å². The van der Waals surface area contributed by atoms with Gasteiger partial charge in [-0.3, -0.25) is 9.59 Å². The van der Waals surface area contributed by atoms with Crippen LogP contribution in [-0.4, -0.2) is 44.0 Å². The first-order chi connectivity index (χ1) is 16.4. The zero-order chi connectivity index (χ0) is 24.2. The SMILES string of the molecule is COCCNC(=O)c1c(N)[nH]c(C(=O)c2ccc(Br)cc2)c1-c1cccc2ccc(OC)cc12. The van der Waals surface area contributed by atoms with E-state index < -0.39 is 5.91 Å². The monoisotopic (exact) mass is 521 g/mol. The van der Waals surface area contributed by atoms with Crippen molar-refractivity contribution in [3.63, 3.8) is 0 Å². The third-order valence-electron chi connectivity index (χ3n) is 5.54. The minimum atomic E-state index is -0.393. The second kappa shape index (κ2) is 10.1. The van der Waals surface area contributed by atoms with E-state index in [-0.39, 0.29) is 22.9 Å². The lowest BCUT2D eigenvalue weighted by Gasteiger charge is -2.12. The number of hydrogen-bond donors (Lipinski definition) is 3. The number of aromatic nitrogens is 1. The summed E-state index contributed by atoms with van der Waals surface area (Å²) < 4.78 is 11.3. The molecule has 0 aliphatic rings. The molecule has 0 unspecified atom stereocenters. The van der Waals surface area contributed by atoms with Gasteiger partial charge in [-0.1, -0.05) is 40.2 Å². The molecule has 1 amide bonds. The van der Waals surface area contributed by atoms with Gasteiger partial charge in [-0.05, 0) is 52.7 Å². The number of anilines is 1. The highest BCUT2D eigenvalue weighted by Gasteiger charge is 2.28. The highest BCUT2D eigenvalue weighted by molar-refractivity contribution is 9.10. The molecule has 34 heavy (non-hydrogen) atoms. The molecule has 0 saturated heterocycles. The van der Waals surface area contributed by atoms with Crippen molar-refractivity contribution in [1.29, 1.82) is 0 Å². The largest absolute Gasteiger partial charge is 0.497 e. The number of aromatic amines is 1. The fourth-order valence-corrected chi connectivity index (χ4v) is 4.16. The number of fused-ring (bicyclic) bond motifs is 1. The van der Waals surface area contributed by atoms with E-state index in [2.05, 4.69) is 26.2 Å². The maximum absolute atomic E-state index is 13.6. The van der Waals surface area contributed by atoms with E-state index in [1.54, 1.807) is 38.5 Å². The van der Waals surface area contributed by atoms with Crippen LogP contribution in [0, 0.1) is 0 Å². The van der Waals surface area contributed by atoms with Crippen LogP contribution >= 0.6 is 15.9 Å². The van der Waals surface area contributed by atoms with Gasteiger partial charge in [-0.25, -0.2) is 0 Å². The zero-order valence-corrected chi connectivity index (χ0v) is 20.4. The van der Waals surface area contributed by atoms with Crippen LogP contribution in [0.2, 0.25) is 0 Å². The number of methoxy groups -OCH3 is 2. The number of hydrogen-bond acceptors (Lipinski definition) is 5. The first-order valence-electron chi connectivity index (χ1n) is 10.6. The molecule has 0 atom stereocenters. The quantitative estimate of drug-likeness (QED) is 0.228. The lowest BCUT2D eigenvalue weighted by atomic mass is 9.92. The molecule has 0 saturated carbocycles. The van der Waals surface area contributed by atoms with Crippen LogP contribution in [0.25, 0.3) is 21.9 Å². The molecule has 0 aliphatic heterocycles. The van der Waals surface area contributed by atoms with Crippen molar-refractivity contribution in [2.45, 2.75) is 0 Å². The van der Waals surface area contributed by atoms with Crippen LogP contribution in [0.1, 0.15) is 26.4 Å². The number of ether oxygens (including phenoxy) is 2. The van der Waals surface area contributed by atoms with Crippen molar-refractivity contribution in [2.24, 2.45) is 0 Å². The molecular weight excluding hydrogens is 498 g/mol. The fourth-order valence-electron chi connectivity index (χ4n) is 3.89. The number of nitrogens with two attached hydrogens (primary N) is 1. The normalized spacial score (nSPS) is 10.9. The van der Waals surface area contributed by atoms with Gasteiger partial charge < -0.3 is 25.5 Å². The van der Waals surface area contributed by atoms with Gasteiger partial charge in [0.25, 0.3) is 5.91 Å². The van der Waals surface area contributed by atoms with Crippen LogP contribution in [0.5, 0.6) is 5.75 Å². The molecule has 8 heteroatoms. The van der Waals surface area contributed by atoms with Gasteiger partial charge >= 0.3 is 0 Å². The highest BCUT2D eigenvalue weighted by atomic mass is 79.9. The molecular formula is C26H24BrN3O4. The number of carbonyl (C=O) groups is 2. The number of carbonyl (C=O) groups excluding carboxylic acids is 2. The Morgan fingerprint density at radius 3 is 2.53 bits per heavy atom. The average molecular weight is 522 g/mol. The van der Waals surface area contributed by atoms with Gasteiger partial charge in [0, 0.05) is 29.3 Å². The summed E-state index contributed by atoms with van der Waals surface area (Å²) in [5.41, 5.74) is 8.36. The molecule has 1 heterocycles. The third-order valence-corrected chi connectivity index (χ3v) is 6.07. The highest BCUT2D eigenvalue weighted by Crippen LogP contribution is 2.38. The second-order valence-corrected chi connectivity index (χ2v) is 8.56. The first-order valence-corrected chi connectivity index (χ1v) is 11.4. The van der Waals surface area contributed by atoms with Crippen molar-refractivity contribution in [3.05, 3.63) is 82.0 Å². The van der Waals surface area contributed by atoms with Gasteiger partial charge in [0.1, 0.15) is 11.6 Å². The molecule has 0 aliphatic carbocycles. The predicted octanol–water partition coefficient (Wildman–Crippen LogP) is 4.80. The summed E-state index contributed by atoms with van der Waals surface area (Å²) in [4.78, 5) is 29.8. The van der Waals surface area contributed by atoms with Crippen LogP contribution in [0.15, 0.2) is 65.1 Å². The Kier molecular flexibility index (Phi) is 7.00. The number of rotatable bonds is 8. The van der Waals surface area contributed by atoms with Gasteiger partial charge in [0.15, 0.2) is 0 Å². The Morgan fingerprint density at radius 1 is 1.06 bits per heavy atom. The number of ketones is 1. The van der Waals surface area contributed by atoms with Gasteiger partial charge in [-0.15, -0.1) is 0 Å².